The van der Waals surface area contributed by atoms with Crippen LogP contribution in [-0.2, 0) is 14.6 Å². The normalized spacial score (nSPS) is 25.0. The van der Waals surface area contributed by atoms with Crippen LogP contribution in [0.1, 0.15) is 45.4 Å². The molecule has 0 saturated carbocycles. The van der Waals surface area contributed by atoms with Gasteiger partial charge in [0.05, 0.1) is 11.5 Å². The number of amides is 1. The minimum atomic E-state index is -2.97. The molecule has 0 aromatic carbocycles. The van der Waals surface area contributed by atoms with Crippen molar-refractivity contribution in [3.05, 3.63) is 0 Å². The van der Waals surface area contributed by atoms with Gasteiger partial charge in [-0.2, -0.15) is 0 Å². The van der Waals surface area contributed by atoms with Gasteiger partial charge in [0.1, 0.15) is 0 Å². The topological polar surface area (TPSA) is 103 Å². The Labute approximate surface area is 186 Å². The first kappa shape index (κ1) is 25.4. The van der Waals surface area contributed by atoms with Crippen LogP contribution < -0.4 is 16.0 Å². The standard InChI is InChI=1S/C18H35N5O3S.HI/c1-15-6-3-4-11-23(15)12-5-9-20-18(19-2)21-10-7-17(24)22-16-8-13-27(25,26)14-16;/h15-16H,3-14H2,1-2H3,(H,22,24)(H2,19,20,21);1H. The van der Waals surface area contributed by atoms with E-state index >= 15 is 0 Å². The molecular formula is C18H36IN5O3S. The molecule has 2 saturated heterocycles. The van der Waals surface area contributed by atoms with Crippen LogP contribution in [0.3, 0.4) is 0 Å². The lowest BCUT2D eigenvalue weighted by Gasteiger charge is -2.33. The lowest BCUT2D eigenvalue weighted by Crippen LogP contribution is -2.42. The molecule has 8 nitrogen and oxygen atoms in total. The van der Waals surface area contributed by atoms with Gasteiger partial charge in [-0.05, 0) is 39.2 Å². The minimum absolute atomic E-state index is 0. The van der Waals surface area contributed by atoms with Crippen molar-refractivity contribution >= 4 is 45.7 Å². The summed E-state index contributed by atoms with van der Waals surface area (Å²) in [5, 5.41) is 9.21. The predicted molar refractivity (Wildman–Crippen MR) is 124 cm³/mol. The van der Waals surface area contributed by atoms with Gasteiger partial charge < -0.3 is 20.9 Å². The largest absolute Gasteiger partial charge is 0.356 e. The number of nitrogens with zero attached hydrogens (tertiary/aromatic N) is 2. The van der Waals surface area contributed by atoms with E-state index in [0.29, 0.717) is 31.4 Å². The highest BCUT2D eigenvalue weighted by atomic mass is 127. The maximum Gasteiger partial charge on any atom is 0.222 e. The van der Waals surface area contributed by atoms with Crippen molar-refractivity contribution in [2.75, 3.05) is 44.7 Å². The van der Waals surface area contributed by atoms with E-state index in [1.807, 2.05) is 0 Å². The molecule has 28 heavy (non-hydrogen) atoms. The number of hydrogen-bond acceptors (Lipinski definition) is 5. The molecule has 0 aliphatic carbocycles. The molecule has 2 heterocycles. The first-order valence-corrected chi connectivity index (χ1v) is 11.9. The lowest BCUT2D eigenvalue weighted by molar-refractivity contribution is -0.121. The second-order valence-corrected chi connectivity index (χ2v) is 9.81. The first-order chi connectivity index (χ1) is 12.9. The number of nitrogens with one attached hydrogen (secondary N) is 3. The first-order valence-electron chi connectivity index (χ1n) is 10.1. The van der Waals surface area contributed by atoms with E-state index in [0.717, 1.165) is 19.5 Å². The second-order valence-electron chi connectivity index (χ2n) is 7.58. The molecule has 10 heteroatoms. The number of halogens is 1. The number of sulfone groups is 1. The minimum Gasteiger partial charge on any atom is -0.356 e. The molecule has 0 aromatic heterocycles. The molecule has 2 unspecified atom stereocenters. The maximum atomic E-state index is 11.9. The Hall–Kier alpha value is -0.620. The Bertz CT molecular complexity index is 614. The number of carbonyl (C=O) groups excluding carboxylic acids is 1. The number of likely N-dealkylation sites (tertiary alicyclic amines) is 1. The fraction of sp³-hybridized carbons (Fsp3) is 0.889. The highest BCUT2D eigenvalue weighted by Crippen LogP contribution is 2.16. The summed E-state index contributed by atoms with van der Waals surface area (Å²) >= 11 is 0. The number of rotatable bonds is 8. The van der Waals surface area contributed by atoms with Gasteiger partial charge in [0.2, 0.25) is 5.91 Å². The zero-order chi connectivity index (χ0) is 19.7. The van der Waals surface area contributed by atoms with E-state index in [9.17, 15) is 13.2 Å². The van der Waals surface area contributed by atoms with Crippen molar-refractivity contribution < 1.29 is 13.2 Å². The fourth-order valence-corrected chi connectivity index (χ4v) is 5.38. The van der Waals surface area contributed by atoms with Gasteiger partial charge in [0, 0.05) is 45.2 Å². The summed E-state index contributed by atoms with van der Waals surface area (Å²) in [5.41, 5.74) is 0. The number of aliphatic imine (C=N–C) groups is 1. The molecule has 2 aliphatic rings. The van der Waals surface area contributed by atoms with Crippen LogP contribution in [0.25, 0.3) is 0 Å². The van der Waals surface area contributed by atoms with E-state index in [4.69, 9.17) is 0 Å². The van der Waals surface area contributed by atoms with E-state index in [2.05, 4.69) is 32.8 Å². The van der Waals surface area contributed by atoms with Crippen molar-refractivity contribution in [2.24, 2.45) is 4.99 Å². The molecule has 1 amide bonds. The number of hydrogen-bond donors (Lipinski definition) is 3. The predicted octanol–water partition coefficient (Wildman–Crippen LogP) is 0.727. The van der Waals surface area contributed by atoms with Crippen LogP contribution in [0.5, 0.6) is 0 Å². The van der Waals surface area contributed by atoms with E-state index in [1.165, 1.54) is 25.8 Å². The monoisotopic (exact) mass is 529 g/mol. The summed E-state index contributed by atoms with van der Waals surface area (Å²) in [5.74, 6) is 0.797. The third kappa shape index (κ3) is 9.25. The molecule has 164 valence electrons. The Morgan fingerprint density at radius 3 is 2.57 bits per heavy atom. The Morgan fingerprint density at radius 2 is 1.93 bits per heavy atom. The van der Waals surface area contributed by atoms with Crippen LogP contribution in [-0.4, -0.2) is 82.0 Å². The third-order valence-corrected chi connectivity index (χ3v) is 7.09. The van der Waals surface area contributed by atoms with Crippen LogP contribution in [0.15, 0.2) is 4.99 Å². The Kier molecular flexibility index (Phi) is 11.7. The second kappa shape index (κ2) is 12.8. The molecule has 2 atom stereocenters. The van der Waals surface area contributed by atoms with Crippen molar-refractivity contribution in [3.63, 3.8) is 0 Å². The zero-order valence-electron chi connectivity index (χ0n) is 17.1. The average molecular weight is 529 g/mol. The molecule has 0 bridgehead atoms. The highest BCUT2D eigenvalue weighted by Gasteiger charge is 2.28. The molecule has 2 rings (SSSR count). The summed E-state index contributed by atoms with van der Waals surface area (Å²) < 4.78 is 22.8. The van der Waals surface area contributed by atoms with Crippen LogP contribution in [0.2, 0.25) is 0 Å². The molecule has 3 N–H and O–H groups in total. The zero-order valence-corrected chi connectivity index (χ0v) is 20.2. The van der Waals surface area contributed by atoms with E-state index in [-0.39, 0.29) is 47.4 Å². The molecular weight excluding hydrogens is 493 g/mol. The number of carbonyl (C=O) groups is 1. The van der Waals surface area contributed by atoms with Crippen molar-refractivity contribution in [3.8, 4) is 0 Å². The molecule has 2 fully saturated rings. The summed E-state index contributed by atoms with van der Waals surface area (Å²) in [6.07, 6.45) is 5.81. The van der Waals surface area contributed by atoms with Crippen molar-refractivity contribution in [1.82, 2.24) is 20.9 Å². The van der Waals surface area contributed by atoms with Crippen LogP contribution in [0, 0.1) is 0 Å². The summed E-state index contributed by atoms with van der Waals surface area (Å²) in [7, 11) is -1.25. The highest BCUT2D eigenvalue weighted by molar-refractivity contribution is 14.0. The van der Waals surface area contributed by atoms with E-state index < -0.39 is 9.84 Å². The van der Waals surface area contributed by atoms with E-state index in [1.54, 1.807) is 7.05 Å². The summed E-state index contributed by atoms with van der Waals surface area (Å²) in [6, 6.07) is 0.446. The van der Waals surface area contributed by atoms with Crippen LogP contribution in [0.4, 0.5) is 0 Å². The summed E-state index contributed by atoms with van der Waals surface area (Å²) in [4.78, 5) is 18.7. The van der Waals surface area contributed by atoms with Crippen molar-refractivity contribution in [1.29, 1.82) is 0 Å². The average Bonchev–Trinajstić information content (AvgIpc) is 2.96. The maximum absolute atomic E-state index is 11.9. The molecule has 0 aromatic rings. The van der Waals surface area contributed by atoms with Gasteiger partial charge in [-0.3, -0.25) is 9.79 Å². The Morgan fingerprint density at radius 1 is 1.18 bits per heavy atom. The number of piperidine rings is 1. The Balaban J connectivity index is 0.00000392. The smallest absolute Gasteiger partial charge is 0.222 e. The van der Waals surface area contributed by atoms with Gasteiger partial charge in [-0.1, -0.05) is 6.42 Å². The quantitative estimate of drug-likeness (QED) is 0.186. The van der Waals surface area contributed by atoms with Gasteiger partial charge >= 0.3 is 0 Å². The van der Waals surface area contributed by atoms with Gasteiger partial charge in [-0.15, -0.1) is 24.0 Å². The summed E-state index contributed by atoms with van der Waals surface area (Å²) in [6.45, 7) is 5.91. The molecule has 0 radical (unpaired) electrons. The van der Waals surface area contributed by atoms with Gasteiger partial charge in [-0.25, -0.2) is 8.42 Å². The van der Waals surface area contributed by atoms with Gasteiger partial charge in [0.15, 0.2) is 15.8 Å². The van der Waals surface area contributed by atoms with Crippen LogP contribution >= 0.6 is 24.0 Å². The third-order valence-electron chi connectivity index (χ3n) is 5.32. The SMILES string of the molecule is CN=C(NCCCN1CCCCC1C)NCCC(=O)NC1CCS(=O)(=O)C1.I. The lowest BCUT2D eigenvalue weighted by atomic mass is 10.0. The fourth-order valence-electron chi connectivity index (χ4n) is 3.70. The molecule has 2 aliphatic heterocycles. The molecule has 0 spiro atoms. The van der Waals surface area contributed by atoms with Crippen molar-refractivity contribution in [2.45, 2.75) is 57.5 Å². The van der Waals surface area contributed by atoms with Gasteiger partial charge in [0.25, 0.3) is 0 Å². The number of guanidine groups is 1.